The summed E-state index contributed by atoms with van der Waals surface area (Å²) in [4.78, 5) is 24.7. The van der Waals surface area contributed by atoms with E-state index in [4.69, 9.17) is 0 Å². The lowest BCUT2D eigenvalue weighted by Crippen LogP contribution is -2.29. The Balaban J connectivity index is 2.38. The van der Waals surface area contributed by atoms with Crippen LogP contribution in [-0.2, 0) is 9.59 Å². The van der Waals surface area contributed by atoms with Gasteiger partial charge in [-0.2, -0.15) is 0 Å². The third-order valence-corrected chi connectivity index (χ3v) is 3.12. The van der Waals surface area contributed by atoms with Gasteiger partial charge in [-0.1, -0.05) is 19.4 Å². The molecule has 0 aliphatic rings. The Morgan fingerprint density at radius 1 is 1.24 bits per heavy atom. The van der Waals surface area contributed by atoms with Crippen LogP contribution in [0.1, 0.15) is 33.1 Å². The molecule has 5 heteroatoms. The van der Waals surface area contributed by atoms with Crippen LogP contribution in [0.5, 0.6) is 0 Å². The Morgan fingerprint density at radius 2 is 1.95 bits per heavy atom. The first-order chi connectivity index (χ1) is 10.0. The number of benzene rings is 1. The van der Waals surface area contributed by atoms with Crippen molar-refractivity contribution in [2.45, 2.75) is 33.1 Å². The maximum atomic E-state index is 11.9. The molecule has 1 aromatic carbocycles. The number of hydrogen-bond donors (Lipinski definition) is 2. The molecule has 1 rings (SSSR count). The molecular weight excluding hydrogens is 266 g/mol. The molecule has 2 amide bonds. The number of anilines is 2. The summed E-state index contributed by atoms with van der Waals surface area (Å²) < 4.78 is 0. The Hall–Kier alpha value is -2.04. The number of hydrogen-bond acceptors (Lipinski definition) is 3. The lowest BCUT2D eigenvalue weighted by molar-refractivity contribution is -0.129. The summed E-state index contributed by atoms with van der Waals surface area (Å²) in [5.74, 6) is 0.0499. The Bertz CT molecular complexity index is 474. The zero-order chi connectivity index (χ0) is 15.7. The molecule has 116 valence electrons. The summed E-state index contributed by atoms with van der Waals surface area (Å²) in [6.07, 6.45) is 2.59. The van der Waals surface area contributed by atoms with Crippen LogP contribution in [0.4, 0.5) is 11.4 Å². The third kappa shape index (κ3) is 6.79. The summed E-state index contributed by atoms with van der Waals surface area (Å²) in [6, 6.07) is 7.46. The lowest BCUT2D eigenvalue weighted by Gasteiger charge is -2.17. The topological polar surface area (TPSA) is 61.4 Å². The van der Waals surface area contributed by atoms with E-state index in [1.54, 1.807) is 4.90 Å². The molecule has 0 bridgehead atoms. The predicted molar refractivity (Wildman–Crippen MR) is 86.4 cm³/mol. The van der Waals surface area contributed by atoms with Crippen LogP contribution in [0, 0.1) is 0 Å². The van der Waals surface area contributed by atoms with Crippen molar-refractivity contribution in [3.63, 3.8) is 0 Å². The zero-order valence-corrected chi connectivity index (χ0v) is 13.1. The van der Waals surface area contributed by atoms with E-state index in [0.29, 0.717) is 13.0 Å². The normalized spacial score (nSPS) is 10.0. The van der Waals surface area contributed by atoms with Crippen molar-refractivity contribution in [1.82, 2.24) is 4.90 Å². The van der Waals surface area contributed by atoms with E-state index >= 15 is 0 Å². The number of nitrogens with zero attached hydrogens (tertiary/aromatic N) is 1. The van der Waals surface area contributed by atoms with E-state index in [2.05, 4.69) is 17.6 Å². The summed E-state index contributed by atoms with van der Waals surface area (Å²) in [5, 5.41) is 5.93. The molecular formula is C16H25N3O2. The molecule has 21 heavy (non-hydrogen) atoms. The van der Waals surface area contributed by atoms with Crippen molar-refractivity contribution in [1.29, 1.82) is 0 Å². The second kappa shape index (κ2) is 9.00. The van der Waals surface area contributed by atoms with Crippen molar-refractivity contribution in [2.24, 2.45) is 0 Å². The summed E-state index contributed by atoms with van der Waals surface area (Å²) in [5.41, 5.74) is 1.64. The van der Waals surface area contributed by atoms with Gasteiger partial charge in [0.2, 0.25) is 11.8 Å². The van der Waals surface area contributed by atoms with Gasteiger partial charge < -0.3 is 15.5 Å². The van der Waals surface area contributed by atoms with Gasteiger partial charge in [0.05, 0.1) is 0 Å². The minimum atomic E-state index is -0.0973. The van der Waals surface area contributed by atoms with Crippen molar-refractivity contribution in [3.8, 4) is 0 Å². The van der Waals surface area contributed by atoms with Gasteiger partial charge in [0.25, 0.3) is 0 Å². The smallest absolute Gasteiger partial charge is 0.224 e. The molecule has 5 nitrogen and oxygen atoms in total. The molecule has 0 radical (unpaired) electrons. The van der Waals surface area contributed by atoms with Gasteiger partial charge in [-0.05, 0) is 24.6 Å². The van der Waals surface area contributed by atoms with Crippen molar-refractivity contribution >= 4 is 23.2 Å². The fourth-order valence-corrected chi connectivity index (χ4v) is 1.93. The minimum Gasteiger partial charge on any atom is -0.384 e. The average Bonchev–Trinajstić information content (AvgIpc) is 2.44. The largest absolute Gasteiger partial charge is 0.384 e. The molecule has 0 atom stereocenters. The van der Waals surface area contributed by atoms with Gasteiger partial charge in [-0.3, -0.25) is 9.59 Å². The summed E-state index contributed by atoms with van der Waals surface area (Å²) >= 11 is 0. The second-order valence-electron chi connectivity index (χ2n) is 5.11. The van der Waals surface area contributed by atoms with E-state index in [1.807, 2.05) is 31.3 Å². The van der Waals surface area contributed by atoms with Crippen LogP contribution in [0.25, 0.3) is 0 Å². The molecule has 0 spiro atoms. The van der Waals surface area contributed by atoms with Crippen LogP contribution in [0.2, 0.25) is 0 Å². The van der Waals surface area contributed by atoms with Crippen LogP contribution in [-0.4, -0.2) is 36.9 Å². The van der Waals surface area contributed by atoms with E-state index in [0.717, 1.165) is 30.8 Å². The molecule has 0 aliphatic heterocycles. The highest BCUT2D eigenvalue weighted by atomic mass is 16.2. The number of carbonyl (C=O) groups is 2. The first kappa shape index (κ1) is 17.0. The molecule has 0 unspecified atom stereocenters. The molecule has 2 N–H and O–H groups in total. The second-order valence-corrected chi connectivity index (χ2v) is 5.11. The standard InChI is InChI=1S/C16H25N3O2/c1-4-5-11-19(3)16(21)9-10-17-14-7-6-8-15(12-14)18-13(2)20/h6-8,12,17H,4-5,9-11H2,1-3H3,(H,18,20). The Labute approximate surface area is 126 Å². The highest BCUT2D eigenvalue weighted by Crippen LogP contribution is 2.14. The fraction of sp³-hybridized carbons (Fsp3) is 0.500. The highest BCUT2D eigenvalue weighted by Gasteiger charge is 2.07. The van der Waals surface area contributed by atoms with Gasteiger partial charge in [-0.25, -0.2) is 0 Å². The van der Waals surface area contributed by atoms with E-state index in [1.165, 1.54) is 6.92 Å². The molecule has 1 aromatic rings. The Kier molecular flexibility index (Phi) is 7.29. The minimum absolute atomic E-state index is 0.0973. The third-order valence-electron chi connectivity index (χ3n) is 3.12. The fourth-order valence-electron chi connectivity index (χ4n) is 1.93. The maximum Gasteiger partial charge on any atom is 0.224 e. The highest BCUT2D eigenvalue weighted by molar-refractivity contribution is 5.89. The quantitative estimate of drug-likeness (QED) is 0.774. The predicted octanol–water partition coefficient (Wildman–Crippen LogP) is 2.71. The molecule has 0 saturated heterocycles. The SMILES string of the molecule is CCCCN(C)C(=O)CCNc1cccc(NC(C)=O)c1. The number of amides is 2. The first-order valence-corrected chi connectivity index (χ1v) is 7.38. The number of rotatable bonds is 8. The number of carbonyl (C=O) groups excluding carboxylic acids is 2. The van der Waals surface area contributed by atoms with Gasteiger partial charge in [0, 0.05) is 44.9 Å². The van der Waals surface area contributed by atoms with Crippen LogP contribution >= 0.6 is 0 Å². The lowest BCUT2D eigenvalue weighted by atomic mass is 10.2. The number of unbranched alkanes of at least 4 members (excludes halogenated alkanes) is 1. The van der Waals surface area contributed by atoms with E-state index < -0.39 is 0 Å². The van der Waals surface area contributed by atoms with Gasteiger partial charge in [0.15, 0.2) is 0 Å². The summed E-state index contributed by atoms with van der Waals surface area (Å²) in [7, 11) is 1.84. The summed E-state index contributed by atoms with van der Waals surface area (Å²) in [6.45, 7) is 4.99. The van der Waals surface area contributed by atoms with Crippen molar-refractivity contribution in [2.75, 3.05) is 30.8 Å². The Morgan fingerprint density at radius 3 is 2.62 bits per heavy atom. The van der Waals surface area contributed by atoms with Crippen LogP contribution in [0.3, 0.4) is 0 Å². The van der Waals surface area contributed by atoms with E-state index in [-0.39, 0.29) is 11.8 Å². The molecule has 0 heterocycles. The van der Waals surface area contributed by atoms with Crippen LogP contribution in [0.15, 0.2) is 24.3 Å². The number of nitrogens with one attached hydrogen (secondary N) is 2. The zero-order valence-electron chi connectivity index (χ0n) is 13.1. The molecule has 0 aromatic heterocycles. The van der Waals surface area contributed by atoms with Gasteiger partial charge >= 0.3 is 0 Å². The first-order valence-electron chi connectivity index (χ1n) is 7.38. The van der Waals surface area contributed by atoms with Gasteiger partial charge in [-0.15, -0.1) is 0 Å². The van der Waals surface area contributed by atoms with Crippen molar-refractivity contribution in [3.05, 3.63) is 24.3 Å². The molecule has 0 fully saturated rings. The maximum absolute atomic E-state index is 11.9. The average molecular weight is 291 g/mol. The van der Waals surface area contributed by atoms with Gasteiger partial charge in [0.1, 0.15) is 0 Å². The molecule has 0 saturated carbocycles. The van der Waals surface area contributed by atoms with Crippen molar-refractivity contribution < 1.29 is 9.59 Å². The monoisotopic (exact) mass is 291 g/mol. The molecule has 0 aliphatic carbocycles. The van der Waals surface area contributed by atoms with Crippen LogP contribution < -0.4 is 10.6 Å². The van der Waals surface area contributed by atoms with E-state index in [9.17, 15) is 9.59 Å².